The van der Waals surface area contributed by atoms with Gasteiger partial charge in [-0.1, -0.05) is 0 Å². The first-order valence-corrected chi connectivity index (χ1v) is 8.17. The molecule has 0 saturated carbocycles. The second-order valence-electron chi connectivity index (χ2n) is 3.99. The van der Waals surface area contributed by atoms with E-state index in [1.807, 2.05) is 0 Å². The fourth-order valence-corrected chi connectivity index (χ4v) is 4.91. The molecule has 0 spiro atoms. The fourth-order valence-electron chi connectivity index (χ4n) is 1.43. The molecule has 1 aliphatic heterocycles. The number of hydrogen-bond acceptors (Lipinski definition) is 6. The summed E-state index contributed by atoms with van der Waals surface area (Å²) in [4.78, 5) is 21.6. The molecule has 0 aromatic carbocycles. The maximum Gasteiger partial charge on any atom is 0.334 e. The lowest BCUT2D eigenvalue weighted by atomic mass is 10.3. The molecule has 0 radical (unpaired) electrons. The molecule has 1 saturated heterocycles. The van der Waals surface area contributed by atoms with Crippen molar-refractivity contribution in [2.24, 2.45) is 0 Å². The predicted octanol–water partition coefficient (Wildman–Crippen LogP) is -1.53. The Labute approximate surface area is 109 Å². The van der Waals surface area contributed by atoms with Crippen molar-refractivity contribution in [3.63, 3.8) is 0 Å². The highest BCUT2D eigenvalue weighted by Crippen LogP contribution is 2.23. The van der Waals surface area contributed by atoms with Crippen LogP contribution in [0.2, 0.25) is 0 Å². The van der Waals surface area contributed by atoms with Crippen LogP contribution in [0.5, 0.6) is 0 Å². The summed E-state index contributed by atoms with van der Waals surface area (Å²) >= 11 is 1.23. The molecular weight excluding hydrogens is 282 g/mol. The van der Waals surface area contributed by atoms with Gasteiger partial charge < -0.3 is 15.5 Å². The number of thioether (sulfide) groups is 1. The quantitative estimate of drug-likeness (QED) is 0.544. The van der Waals surface area contributed by atoms with Gasteiger partial charge in [-0.3, -0.25) is 4.79 Å². The topological polar surface area (TPSA) is 121 Å². The molecule has 1 heterocycles. The van der Waals surface area contributed by atoms with Crippen LogP contribution in [0, 0.1) is 0 Å². The van der Waals surface area contributed by atoms with Gasteiger partial charge in [0.05, 0.1) is 23.8 Å². The van der Waals surface area contributed by atoms with E-state index in [2.05, 4.69) is 5.32 Å². The largest absolute Gasteiger partial charge is 0.479 e. The van der Waals surface area contributed by atoms with E-state index in [0.717, 1.165) is 0 Å². The molecule has 1 unspecified atom stereocenters. The minimum absolute atomic E-state index is 0.0620. The molecule has 9 heteroatoms. The normalized spacial score (nSPS) is 23.5. The van der Waals surface area contributed by atoms with Gasteiger partial charge in [-0.25, -0.2) is 13.2 Å². The zero-order chi connectivity index (χ0) is 13.8. The molecular formula is C9H15NO6S2. The summed E-state index contributed by atoms with van der Waals surface area (Å²) in [6.45, 7) is -0.350. The lowest BCUT2D eigenvalue weighted by molar-refractivity contribution is -0.146. The van der Waals surface area contributed by atoms with Gasteiger partial charge >= 0.3 is 5.97 Å². The number of rotatable bonds is 6. The van der Waals surface area contributed by atoms with E-state index in [1.165, 1.54) is 11.8 Å². The lowest BCUT2D eigenvalue weighted by Gasteiger charge is -2.09. The molecule has 0 aliphatic carbocycles. The summed E-state index contributed by atoms with van der Waals surface area (Å²) < 4.78 is 22.3. The van der Waals surface area contributed by atoms with Crippen LogP contribution in [-0.2, 0) is 19.4 Å². The Balaban J connectivity index is 2.20. The number of aliphatic hydroxyl groups is 1. The van der Waals surface area contributed by atoms with Crippen LogP contribution in [0.15, 0.2) is 0 Å². The van der Waals surface area contributed by atoms with Gasteiger partial charge in [0.25, 0.3) is 0 Å². The van der Waals surface area contributed by atoms with Crippen LogP contribution < -0.4 is 5.32 Å². The average Bonchev–Trinajstić information content (AvgIpc) is 2.62. The number of aliphatic hydroxyl groups excluding tert-OH is 1. The summed E-state index contributed by atoms with van der Waals surface area (Å²) in [5.74, 6) is -1.51. The van der Waals surface area contributed by atoms with Gasteiger partial charge in [0.1, 0.15) is 0 Å². The van der Waals surface area contributed by atoms with Gasteiger partial charge in [-0.05, 0) is 6.42 Å². The van der Waals surface area contributed by atoms with E-state index in [-0.39, 0.29) is 29.1 Å². The Hall–Kier alpha value is -0.800. The van der Waals surface area contributed by atoms with Crippen molar-refractivity contribution in [2.45, 2.75) is 17.8 Å². The number of nitrogens with one attached hydrogen (secondary N) is 1. The van der Waals surface area contributed by atoms with E-state index >= 15 is 0 Å². The number of amides is 1. The highest BCUT2D eigenvalue weighted by Gasteiger charge is 2.28. The van der Waals surface area contributed by atoms with Crippen molar-refractivity contribution in [3.05, 3.63) is 0 Å². The molecule has 0 bridgehead atoms. The zero-order valence-electron chi connectivity index (χ0n) is 9.53. The Morgan fingerprint density at radius 1 is 1.44 bits per heavy atom. The molecule has 1 rings (SSSR count). The molecule has 18 heavy (non-hydrogen) atoms. The van der Waals surface area contributed by atoms with E-state index in [4.69, 9.17) is 10.2 Å². The highest BCUT2D eigenvalue weighted by atomic mass is 32.2. The molecule has 7 nitrogen and oxygen atoms in total. The Morgan fingerprint density at radius 3 is 2.61 bits per heavy atom. The SMILES string of the molecule is O=C(CSC1CCS(=O)(=O)C1)NC[C@H](O)C(=O)O. The number of sulfone groups is 1. The summed E-state index contributed by atoms with van der Waals surface area (Å²) in [5, 5.41) is 19.5. The highest BCUT2D eigenvalue weighted by molar-refractivity contribution is 8.02. The fraction of sp³-hybridized carbons (Fsp3) is 0.778. The second-order valence-corrected chi connectivity index (χ2v) is 7.51. The van der Waals surface area contributed by atoms with Gasteiger partial charge in [0, 0.05) is 5.25 Å². The van der Waals surface area contributed by atoms with E-state index in [1.54, 1.807) is 0 Å². The zero-order valence-corrected chi connectivity index (χ0v) is 11.2. The first-order chi connectivity index (χ1) is 8.30. The number of carboxylic acid groups (broad SMARTS) is 1. The monoisotopic (exact) mass is 297 g/mol. The molecule has 3 N–H and O–H groups in total. The molecule has 0 aromatic heterocycles. The van der Waals surface area contributed by atoms with Crippen LogP contribution in [0.3, 0.4) is 0 Å². The van der Waals surface area contributed by atoms with Crippen LogP contribution in [-0.4, -0.2) is 65.7 Å². The van der Waals surface area contributed by atoms with Crippen molar-refractivity contribution >= 4 is 33.5 Å². The summed E-state index contributed by atoms with van der Waals surface area (Å²) in [7, 11) is -2.95. The van der Waals surface area contributed by atoms with Crippen molar-refractivity contribution in [2.75, 3.05) is 23.8 Å². The Morgan fingerprint density at radius 2 is 2.11 bits per heavy atom. The summed E-state index contributed by atoms with van der Waals surface area (Å²) in [5.41, 5.74) is 0. The number of aliphatic carboxylic acids is 1. The maximum absolute atomic E-state index is 11.3. The lowest BCUT2D eigenvalue weighted by Crippen LogP contribution is -2.37. The van der Waals surface area contributed by atoms with Gasteiger partial charge in [-0.2, -0.15) is 0 Å². The third kappa shape index (κ3) is 5.23. The van der Waals surface area contributed by atoms with Gasteiger partial charge in [0.2, 0.25) is 5.91 Å². The first kappa shape index (κ1) is 15.3. The van der Waals surface area contributed by atoms with Gasteiger partial charge in [0.15, 0.2) is 15.9 Å². The smallest absolute Gasteiger partial charge is 0.334 e. The summed E-state index contributed by atoms with van der Waals surface area (Å²) in [6.07, 6.45) is -1.08. The second kappa shape index (κ2) is 6.39. The first-order valence-electron chi connectivity index (χ1n) is 5.30. The molecule has 1 amide bonds. The van der Waals surface area contributed by atoms with Crippen molar-refractivity contribution in [1.82, 2.24) is 5.32 Å². The van der Waals surface area contributed by atoms with E-state index in [9.17, 15) is 18.0 Å². The molecule has 0 aromatic rings. The van der Waals surface area contributed by atoms with E-state index < -0.39 is 27.8 Å². The Kier molecular flexibility index (Phi) is 5.42. The number of carboxylic acids is 1. The average molecular weight is 297 g/mol. The maximum atomic E-state index is 11.3. The number of carbonyl (C=O) groups excluding carboxylic acids is 1. The van der Waals surface area contributed by atoms with E-state index in [0.29, 0.717) is 6.42 Å². The number of carbonyl (C=O) groups is 2. The van der Waals surface area contributed by atoms with Crippen molar-refractivity contribution < 1.29 is 28.2 Å². The molecule has 104 valence electrons. The molecule has 2 atom stereocenters. The minimum atomic E-state index is -2.95. The minimum Gasteiger partial charge on any atom is -0.479 e. The predicted molar refractivity (Wildman–Crippen MR) is 66.2 cm³/mol. The van der Waals surface area contributed by atoms with Crippen LogP contribution in [0.4, 0.5) is 0 Å². The Bertz CT molecular complexity index is 421. The third-order valence-electron chi connectivity index (χ3n) is 2.42. The third-order valence-corrected chi connectivity index (χ3v) is 5.70. The van der Waals surface area contributed by atoms with Crippen LogP contribution >= 0.6 is 11.8 Å². The van der Waals surface area contributed by atoms with Crippen molar-refractivity contribution in [3.8, 4) is 0 Å². The molecule has 1 fully saturated rings. The standard InChI is InChI=1S/C9H15NO6S2/c11-7(9(13)14)3-10-8(12)4-17-6-1-2-18(15,16)5-6/h6-7,11H,1-5H2,(H,10,12)(H,13,14)/t6?,7-/m0/s1. The van der Waals surface area contributed by atoms with Crippen LogP contribution in [0.1, 0.15) is 6.42 Å². The van der Waals surface area contributed by atoms with Crippen LogP contribution in [0.25, 0.3) is 0 Å². The summed E-state index contributed by atoms with van der Waals surface area (Å²) in [6, 6.07) is 0. The molecule has 1 aliphatic rings. The number of hydrogen-bond donors (Lipinski definition) is 3. The van der Waals surface area contributed by atoms with Gasteiger partial charge in [-0.15, -0.1) is 11.8 Å². The van der Waals surface area contributed by atoms with Crippen molar-refractivity contribution in [1.29, 1.82) is 0 Å².